The topological polar surface area (TPSA) is 92.0 Å². The van der Waals surface area contributed by atoms with E-state index in [1.54, 1.807) is 17.2 Å². The summed E-state index contributed by atoms with van der Waals surface area (Å²) in [6.45, 7) is 1.83. The number of urea groups is 1. The Hall–Kier alpha value is -2.02. The van der Waals surface area contributed by atoms with Crippen molar-refractivity contribution >= 4 is 12.0 Å². The zero-order valence-corrected chi connectivity index (χ0v) is 11.8. The minimum atomic E-state index is -0.857. The molecule has 0 aromatic carbocycles. The number of piperidine rings is 1. The fraction of sp³-hybridized carbons (Fsp3) is 0.571. The van der Waals surface area contributed by atoms with Gasteiger partial charge in [-0.25, -0.2) is 4.79 Å². The van der Waals surface area contributed by atoms with Gasteiger partial charge >= 0.3 is 12.0 Å². The molecule has 21 heavy (non-hydrogen) atoms. The molecule has 1 aliphatic heterocycles. The third-order valence-corrected chi connectivity index (χ3v) is 3.39. The lowest BCUT2D eigenvalue weighted by Gasteiger charge is -2.31. The number of hydrogen-bond donors (Lipinski definition) is 2. The average molecular weight is 296 g/mol. The van der Waals surface area contributed by atoms with Crippen LogP contribution in [0.3, 0.4) is 0 Å². The van der Waals surface area contributed by atoms with Crippen molar-refractivity contribution in [3.63, 3.8) is 0 Å². The van der Waals surface area contributed by atoms with Crippen LogP contribution in [0.1, 0.15) is 25.0 Å². The van der Waals surface area contributed by atoms with Gasteiger partial charge < -0.3 is 24.5 Å². The summed E-state index contributed by atoms with van der Waals surface area (Å²) < 4.78 is 10.6. The van der Waals surface area contributed by atoms with Crippen LogP contribution < -0.4 is 5.32 Å². The predicted molar refractivity (Wildman–Crippen MR) is 73.7 cm³/mol. The number of nitrogens with zero attached hydrogens (tertiary/aromatic N) is 1. The molecule has 2 N–H and O–H groups in total. The normalized spacial score (nSPS) is 15.9. The van der Waals surface area contributed by atoms with Crippen molar-refractivity contribution in [1.82, 2.24) is 10.2 Å². The van der Waals surface area contributed by atoms with Gasteiger partial charge in [0.15, 0.2) is 0 Å². The highest BCUT2D eigenvalue weighted by atomic mass is 16.5. The first-order chi connectivity index (χ1) is 10.1. The van der Waals surface area contributed by atoms with E-state index in [1.807, 2.05) is 6.07 Å². The van der Waals surface area contributed by atoms with Crippen molar-refractivity contribution in [2.24, 2.45) is 0 Å². The molecule has 2 rings (SSSR count). The maximum Gasteiger partial charge on any atom is 0.317 e. The number of amides is 2. The lowest BCUT2D eigenvalue weighted by atomic mass is 10.1. The number of likely N-dealkylation sites (tertiary alicyclic amines) is 1. The average Bonchev–Trinajstić information content (AvgIpc) is 2.98. The molecule has 2 amide bonds. The number of rotatable bonds is 6. The first-order valence-corrected chi connectivity index (χ1v) is 7.03. The van der Waals surface area contributed by atoms with E-state index in [-0.39, 0.29) is 25.2 Å². The van der Waals surface area contributed by atoms with Crippen molar-refractivity contribution in [3.05, 3.63) is 24.2 Å². The minimum Gasteiger partial charge on any atom is -0.481 e. The van der Waals surface area contributed by atoms with Crippen molar-refractivity contribution < 1.29 is 23.8 Å². The summed E-state index contributed by atoms with van der Waals surface area (Å²) in [4.78, 5) is 24.1. The van der Waals surface area contributed by atoms with Gasteiger partial charge in [0.2, 0.25) is 0 Å². The molecule has 0 atom stereocenters. The molecule has 1 aromatic rings. The molecule has 1 fully saturated rings. The van der Waals surface area contributed by atoms with Crippen LogP contribution in [0.15, 0.2) is 22.8 Å². The van der Waals surface area contributed by atoms with Crippen LogP contribution in [0.25, 0.3) is 0 Å². The van der Waals surface area contributed by atoms with E-state index in [2.05, 4.69) is 5.32 Å². The van der Waals surface area contributed by atoms with Crippen molar-refractivity contribution in [3.8, 4) is 0 Å². The van der Waals surface area contributed by atoms with Gasteiger partial charge in [0.25, 0.3) is 0 Å². The molecular weight excluding hydrogens is 276 g/mol. The largest absolute Gasteiger partial charge is 0.481 e. The van der Waals surface area contributed by atoms with Gasteiger partial charge in [-0.2, -0.15) is 0 Å². The zero-order valence-electron chi connectivity index (χ0n) is 11.8. The van der Waals surface area contributed by atoms with Gasteiger partial charge in [0, 0.05) is 13.1 Å². The Balaban J connectivity index is 1.63. The Kier molecular flexibility index (Phi) is 5.62. The highest BCUT2D eigenvalue weighted by Crippen LogP contribution is 2.14. The van der Waals surface area contributed by atoms with E-state index in [0.717, 1.165) is 18.6 Å². The van der Waals surface area contributed by atoms with Crippen LogP contribution in [0.2, 0.25) is 0 Å². The summed E-state index contributed by atoms with van der Waals surface area (Å²) in [5.41, 5.74) is 0. The van der Waals surface area contributed by atoms with Crippen LogP contribution in [0.4, 0.5) is 4.79 Å². The molecule has 7 heteroatoms. The fourth-order valence-electron chi connectivity index (χ4n) is 2.23. The molecule has 7 nitrogen and oxygen atoms in total. The Labute approximate surface area is 122 Å². The van der Waals surface area contributed by atoms with Crippen LogP contribution in [-0.4, -0.2) is 47.8 Å². The zero-order chi connectivity index (χ0) is 15.1. The Morgan fingerprint density at radius 3 is 2.81 bits per heavy atom. The summed E-state index contributed by atoms with van der Waals surface area (Å²) in [5, 5.41) is 11.3. The maximum atomic E-state index is 12.0. The molecule has 1 aliphatic rings. The maximum absolute atomic E-state index is 12.0. The molecule has 0 spiro atoms. The number of carbonyl (C=O) groups is 2. The van der Waals surface area contributed by atoms with Gasteiger partial charge in [0.1, 0.15) is 5.76 Å². The second kappa shape index (κ2) is 7.68. The van der Waals surface area contributed by atoms with E-state index in [0.29, 0.717) is 19.6 Å². The Bertz CT molecular complexity index is 452. The molecule has 0 radical (unpaired) electrons. The van der Waals surface area contributed by atoms with E-state index in [4.69, 9.17) is 14.3 Å². The smallest absolute Gasteiger partial charge is 0.317 e. The highest BCUT2D eigenvalue weighted by Gasteiger charge is 2.23. The van der Waals surface area contributed by atoms with Crippen LogP contribution in [-0.2, 0) is 16.1 Å². The summed E-state index contributed by atoms with van der Waals surface area (Å²) in [6, 6.07) is 3.47. The summed E-state index contributed by atoms with van der Waals surface area (Å²) in [6.07, 6.45) is 3.09. The number of hydrogen-bond acceptors (Lipinski definition) is 4. The first-order valence-electron chi connectivity index (χ1n) is 7.03. The van der Waals surface area contributed by atoms with E-state index in [1.165, 1.54) is 0 Å². The molecule has 116 valence electrons. The predicted octanol–water partition coefficient (Wildman–Crippen LogP) is 1.44. The molecule has 0 aliphatic carbocycles. The number of carbonyl (C=O) groups excluding carboxylic acids is 1. The number of nitrogens with one attached hydrogen (secondary N) is 1. The number of carboxylic acids is 1. The number of furan rings is 1. The molecular formula is C14H20N2O5. The molecule has 0 saturated carbocycles. The molecule has 0 bridgehead atoms. The monoisotopic (exact) mass is 296 g/mol. The summed E-state index contributed by atoms with van der Waals surface area (Å²) in [5.74, 6) is -0.139. The number of aliphatic carboxylic acids is 1. The van der Waals surface area contributed by atoms with E-state index >= 15 is 0 Å². The standard InChI is InChI=1S/C14H20N2O5/c17-13(18)5-9-21-11-3-6-16(7-4-11)14(19)15-10-12-2-1-8-20-12/h1-2,8,11H,3-7,9-10H2,(H,15,19)(H,17,18). The fourth-order valence-corrected chi connectivity index (χ4v) is 2.23. The third kappa shape index (κ3) is 5.11. The van der Waals surface area contributed by atoms with Gasteiger partial charge in [0.05, 0.1) is 31.9 Å². The quantitative estimate of drug-likeness (QED) is 0.829. The van der Waals surface area contributed by atoms with Crippen LogP contribution in [0.5, 0.6) is 0 Å². The highest BCUT2D eigenvalue weighted by molar-refractivity contribution is 5.74. The number of ether oxygens (including phenoxy) is 1. The lowest BCUT2D eigenvalue weighted by molar-refractivity contribution is -0.138. The summed E-state index contributed by atoms with van der Waals surface area (Å²) in [7, 11) is 0. The second-order valence-electron chi connectivity index (χ2n) is 4.94. The molecule has 2 heterocycles. The van der Waals surface area contributed by atoms with Gasteiger partial charge in [-0.3, -0.25) is 4.79 Å². The SMILES string of the molecule is O=C(O)CCOC1CCN(C(=O)NCc2ccco2)CC1. The van der Waals surface area contributed by atoms with Crippen molar-refractivity contribution in [2.45, 2.75) is 31.9 Å². The van der Waals surface area contributed by atoms with Crippen LogP contribution in [0, 0.1) is 0 Å². The molecule has 1 aromatic heterocycles. The lowest BCUT2D eigenvalue weighted by Crippen LogP contribution is -2.45. The molecule has 1 saturated heterocycles. The Morgan fingerprint density at radius 2 is 2.19 bits per heavy atom. The summed E-state index contributed by atoms with van der Waals surface area (Å²) >= 11 is 0. The third-order valence-electron chi connectivity index (χ3n) is 3.39. The van der Waals surface area contributed by atoms with E-state index in [9.17, 15) is 9.59 Å². The van der Waals surface area contributed by atoms with Crippen molar-refractivity contribution in [2.75, 3.05) is 19.7 Å². The van der Waals surface area contributed by atoms with Crippen LogP contribution >= 0.6 is 0 Å². The van der Waals surface area contributed by atoms with E-state index < -0.39 is 5.97 Å². The number of carboxylic acid groups (broad SMARTS) is 1. The first kappa shape index (κ1) is 15.4. The minimum absolute atomic E-state index is 0.0177. The van der Waals surface area contributed by atoms with Gasteiger partial charge in [-0.1, -0.05) is 0 Å². The van der Waals surface area contributed by atoms with Gasteiger partial charge in [-0.05, 0) is 25.0 Å². The van der Waals surface area contributed by atoms with Crippen molar-refractivity contribution in [1.29, 1.82) is 0 Å². The molecule has 0 unspecified atom stereocenters. The van der Waals surface area contributed by atoms with Gasteiger partial charge in [-0.15, -0.1) is 0 Å². The second-order valence-corrected chi connectivity index (χ2v) is 4.94. The Morgan fingerprint density at radius 1 is 1.43 bits per heavy atom.